The Kier molecular flexibility index (Phi) is 3.69. The minimum atomic E-state index is -0.590. The van der Waals surface area contributed by atoms with Gasteiger partial charge in [0.2, 0.25) is 0 Å². The topological polar surface area (TPSA) is 72.9 Å². The molecule has 23 heavy (non-hydrogen) atoms. The van der Waals surface area contributed by atoms with Gasteiger partial charge in [0, 0.05) is 17.8 Å². The fraction of sp³-hybridized carbons (Fsp3) is 0.125. The minimum absolute atomic E-state index is 0.0453. The van der Waals surface area contributed by atoms with Crippen LogP contribution in [0.4, 0.5) is 21.5 Å². The van der Waals surface area contributed by atoms with Gasteiger partial charge in [0.15, 0.2) is 5.82 Å². The normalized spacial score (nSPS) is 11.0. The van der Waals surface area contributed by atoms with Crippen LogP contribution in [0.25, 0.3) is 10.9 Å². The Hall–Kier alpha value is -2.60. The van der Waals surface area contributed by atoms with Crippen LogP contribution in [-0.4, -0.2) is 9.55 Å². The molecule has 1 heterocycles. The lowest BCUT2D eigenvalue weighted by Gasteiger charge is -2.13. The SMILES string of the molecule is Cc1c(Nc2cc(Cl)cc(N)c2F)ccc2ncn(C)c(=O)c12. The van der Waals surface area contributed by atoms with Crippen molar-refractivity contribution >= 4 is 39.6 Å². The van der Waals surface area contributed by atoms with Crippen LogP contribution in [0.15, 0.2) is 35.4 Å². The van der Waals surface area contributed by atoms with Crippen LogP contribution in [0.5, 0.6) is 0 Å². The summed E-state index contributed by atoms with van der Waals surface area (Å²) in [5.74, 6) is -0.590. The highest BCUT2D eigenvalue weighted by Gasteiger charge is 2.13. The molecule has 0 fully saturated rings. The second-order valence-corrected chi connectivity index (χ2v) is 5.71. The van der Waals surface area contributed by atoms with Gasteiger partial charge in [-0.05, 0) is 36.8 Å². The van der Waals surface area contributed by atoms with Crippen molar-refractivity contribution in [3.63, 3.8) is 0 Å². The molecule has 3 aromatic rings. The van der Waals surface area contributed by atoms with E-state index in [1.54, 1.807) is 26.1 Å². The molecule has 0 amide bonds. The van der Waals surface area contributed by atoms with Crippen molar-refractivity contribution in [3.8, 4) is 0 Å². The highest BCUT2D eigenvalue weighted by Crippen LogP contribution is 2.30. The van der Waals surface area contributed by atoms with Crippen molar-refractivity contribution in [2.24, 2.45) is 7.05 Å². The molecule has 3 N–H and O–H groups in total. The van der Waals surface area contributed by atoms with Crippen molar-refractivity contribution in [3.05, 3.63) is 57.3 Å². The fourth-order valence-corrected chi connectivity index (χ4v) is 2.66. The Bertz CT molecular complexity index is 984. The van der Waals surface area contributed by atoms with Gasteiger partial charge < -0.3 is 15.6 Å². The molecule has 0 spiro atoms. The molecule has 0 saturated carbocycles. The molecule has 0 unspecified atom stereocenters. The van der Waals surface area contributed by atoms with Crippen molar-refractivity contribution in [1.29, 1.82) is 0 Å². The smallest absolute Gasteiger partial charge is 0.261 e. The lowest BCUT2D eigenvalue weighted by atomic mass is 10.1. The number of fused-ring (bicyclic) bond motifs is 1. The van der Waals surface area contributed by atoms with Crippen LogP contribution in [0, 0.1) is 12.7 Å². The Morgan fingerprint density at radius 2 is 2.04 bits per heavy atom. The number of nitrogens with two attached hydrogens (primary N) is 1. The average Bonchev–Trinajstić information content (AvgIpc) is 2.50. The van der Waals surface area contributed by atoms with E-state index in [0.29, 0.717) is 27.2 Å². The summed E-state index contributed by atoms with van der Waals surface area (Å²) in [6.07, 6.45) is 1.47. The summed E-state index contributed by atoms with van der Waals surface area (Å²) in [5, 5.41) is 3.75. The van der Waals surface area contributed by atoms with E-state index >= 15 is 0 Å². The summed E-state index contributed by atoms with van der Waals surface area (Å²) in [7, 11) is 1.63. The zero-order valence-corrected chi connectivity index (χ0v) is 13.3. The average molecular weight is 333 g/mol. The molecule has 0 bridgehead atoms. The highest BCUT2D eigenvalue weighted by molar-refractivity contribution is 6.31. The fourth-order valence-electron chi connectivity index (χ4n) is 2.43. The molecule has 0 saturated heterocycles. The van der Waals surface area contributed by atoms with Gasteiger partial charge in [0.05, 0.1) is 28.6 Å². The number of hydrogen-bond donors (Lipinski definition) is 2. The molecule has 118 valence electrons. The van der Waals surface area contributed by atoms with E-state index in [0.717, 1.165) is 0 Å². The third-order valence-corrected chi connectivity index (χ3v) is 3.90. The third-order valence-electron chi connectivity index (χ3n) is 3.68. The first kappa shape index (κ1) is 15.3. The maximum atomic E-state index is 14.1. The van der Waals surface area contributed by atoms with Crippen LogP contribution in [0.1, 0.15) is 5.56 Å². The molecule has 2 aromatic carbocycles. The summed E-state index contributed by atoms with van der Waals surface area (Å²) in [5.41, 5.74) is 7.37. The number of aromatic nitrogens is 2. The van der Waals surface area contributed by atoms with Crippen LogP contribution in [0.3, 0.4) is 0 Å². The maximum absolute atomic E-state index is 14.1. The molecule has 0 aliphatic rings. The number of rotatable bonds is 2. The molecule has 0 atom stereocenters. The Balaban J connectivity index is 2.17. The second kappa shape index (κ2) is 5.55. The van der Waals surface area contributed by atoms with Gasteiger partial charge in [0.25, 0.3) is 5.56 Å². The highest BCUT2D eigenvalue weighted by atomic mass is 35.5. The quantitative estimate of drug-likeness (QED) is 0.706. The van der Waals surface area contributed by atoms with Gasteiger partial charge in [-0.2, -0.15) is 0 Å². The van der Waals surface area contributed by atoms with Gasteiger partial charge in [-0.15, -0.1) is 0 Å². The molecule has 7 heteroatoms. The summed E-state index contributed by atoms with van der Waals surface area (Å²) in [6.45, 7) is 1.78. The van der Waals surface area contributed by atoms with Crippen molar-refractivity contribution in [2.45, 2.75) is 6.92 Å². The molecule has 0 aliphatic carbocycles. The molecule has 0 radical (unpaired) electrons. The van der Waals surface area contributed by atoms with E-state index in [-0.39, 0.29) is 16.9 Å². The number of anilines is 3. The number of nitrogens with one attached hydrogen (secondary N) is 1. The van der Waals surface area contributed by atoms with Crippen LogP contribution in [-0.2, 0) is 7.05 Å². The van der Waals surface area contributed by atoms with Gasteiger partial charge in [-0.3, -0.25) is 4.79 Å². The van der Waals surface area contributed by atoms with Crippen molar-refractivity contribution in [1.82, 2.24) is 9.55 Å². The number of benzene rings is 2. The third kappa shape index (κ3) is 2.61. The maximum Gasteiger partial charge on any atom is 0.261 e. The van der Waals surface area contributed by atoms with Crippen molar-refractivity contribution < 1.29 is 4.39 Å². The van der Waals surface area contributed by atoms with E-state index in [2.05, 4.69) is 10.3 Å². The first-order valence-electron chi connectivity index (χ1n) is 6.85. The van der Waals surface area contributed by atoms with E-state index < -0.39 is 5.82 Å². The van der Waals surface area contributed by atoms with Gasteiger partial charge >= 0.3 is 0 Å². The number of nitrogens with zero attached hydrogens (tertiary/aromatic N) is 2. The van der Waals surface area contributed by atoms with Crippen molar-refractivity contribution in [2.75, 3.05) is 11.1 Å². The lowest BCUT2D eigenvalue weighted by Crippen LogP contribution is -2.18. The lowest BCUT2D eigenvalue weighted by molar-refractivity contribution is 0.636. The summed E-state index contributed by atoms with van der Waals surface area (Å²) < 4.78 is 15.5. The largest absolute Gasteiger partial charge is 0.396 e. The molecule has 1 aromatic heterocycles. The van der Waals surface area contributed by atoms with E-state index in [9.17, 15) is 9.18 Å². The van der Waals surface area contributed by atoms with Gasteiger partial charge in [-0.25, -0.2) is 9.37 Å². The Labute approximate surface area is 136 Å². The zero-order valence-electron chi connectivity index (χ0n) is 12.5. The number of hydrogen-bond acceptors (Lipinski definition) is 4. The zero-order chi connectivity index (χ0) is 16.7. The second-order valence-electron chi connectivity index (χ2n) is 5.27. The Morgan fingerprint density at radius 3 is 2.78 bits per heavy atom. The Morgan fingerprint density at radius 1 is 1.30 bits per heavy atom. The van der Waals surface area contributed by atoms with E-state index in [1.165, 1.54) is 23.0 Å². The molecular weight excluding hydrogens is 319 g/mol. The molecular formula is C16H14ClFN4O. The molecule has 3 rings (SSSR count). The number of aryl methyl sites for hydroxylation is 2. The predicted octanol–water partition coefficient (Wildman–Crippen LogP) is 3.36. The van der Waals surface area contributed by atoms with Crippen LogP contribution >= 0.6 is 11.6 Å². The monoisotopic (exact) mass is 332 g/mol. The molecule has 0 aliphatic heterocycles. The summed E-state index contributed by atoms with van der Waals surface area (Å²) in [6, 6.07) is 6.23. The van der Waals surface area contributed by atoms with Crippen LogP contribution < -0.4 is 16.6 Å². The van der Waals surface area contributed by atoms with Gasteiger partial charge in [-0.1, -0.05) is 11.6 Å². The summed E-state index contributed by atoms with van der Waals surface area (Å²) >= 11 is 5.92. The number of nitrogen functional groups attached to an aromatic ring is 1. The first-order chi connectivity index (χ1) is 10.9. The van der Waals surface area contributed by atoms with E-state index in [1.807, 2.05) is 0 Å². The predicted molar refractivity (Wildman–Crippen MR) is 90.8 cm³/mol. The minimum Gasteiger partial charge on any atom is -0.396 e. The molecule has 5 nitrogen and oxygen atoms in total. The standard InChI is InChI=1S/C16H14ClFN4O/c1-8-11(21-13-6-9(17)5-10(19)15(13)18)3-4-12-14(8)16(23)22(2)7-20-12/h3-7,21H,19H2,1-2H3. The van der Waals surface area contributed by atoms with E-state index in [4.69, 9.17) is 17.3 Å². The van der Waals surface area contributed by atoms with Gasteiger partial charge in [0.1, 0.15) is 0 Å². The summed E-state index contributed by atoms with van der Waals surface area (Å²) in [4.78, 5) is 16.5. The number of halogens is 2. The van der Waals surface area contributed by atoms with Crippen LogP contribution in [0.2, 0.25) is 5.02 Å². The first-order valence-corrected chi connectivity index (χ1v) is 7.22.